The van der Waals surface area contributed by atoms with Crippen molar-refractivity contribution in [3.8, 4) is 0 Å². The molecule has 0 saturated heterocycles. The number of alkyl halides is 3. The average molecular weight is 245 g/mol. The van der Waals surface area contributed by atoms with Gasteiger partial charge in [-0.3, -0.25) is 0 Å². The maximum absolute atomic E-state index is 12.5. The molecule has 0 aromatic rings. The van der Waals surface area contributed by atoms with Gasteiger partial charge in [0, 0.05) is 5.54 Å². The van der Waals surface area contributed by atoms with Gasteiger partial charge in [-0.1, -0.05) is 0 Å². The number of hydrogen-bond donors (Lipinski definition) is 1. The Hall–Kier alpha value is -0.300. The van der Waals surface area contributed by atoms with Crippen LogP contribution in [0.15, 0.2) is 0 Å². The molecule has 7 heteroatoms. The van der Waals surface area contributed by atoms with Crippen LogP contribution in [-0.2, 0) is 10.0 Å². The lowest BCUT2D eigenvalue weighted by atomic mass is 10.1. The van der Waals surface area contributed by atoms with E-state index in [1.807, 2.05) is 0 Å². The van der Waals surface area contributed by atoms with E-state index in [1.165, 1.54) is 20.8 Å². The molecular formula is C8H14F3NO2S. The van der Waals surface area contributed by atoms with Gasteiger partial charge in [-0.2, -0.15) is 13.2 Å². The summed E-state index contributed by atoms with van der Waals surface area (Å²) in [5.74, 6) is 0. The van der Waals surface area contributed by atoms with Crippen molar-refractivity contribution in [2.75, 3.05) is 0 Å². The molecule has 3 nitrogen and oxygen atoms in total. The van der Waals surface area contributed by atoms with Crippen molar-refractivity contribution in [2.24, 2.45) is 0 Å². The zero-order valence-corrected chi connectivity index (χ0v) is 9.59. The summed E-state index contributed by atoms with van der Waals surface area (Å²) in [5.41, 5.74) is -0.889. The second-order valence-corrected chi connectivity index (χ2v) is 6.84. The molecule has 0 amide bonds. The topological polar surface area (TPSA) is 46.2 Å². The highest BCUT2D eigenvalue weighted by atomic mass is 32.2. The van der Waals surface area contributed by atoms with Crippen molar-refractivity contribution in [2.45, 2.75) is 50.1 Å². The first kappa shape index (κ1) is 12.8. The van der Waals surface area contributed by atoms with Gasteiger partial charge in [0.05, 0.1) is 0 Å². The molecule has 0 aromatic heterocycles. The molecule has 0 bridgehead atoms. The van der Waals surface area contributed by atoms with Crippen LogP contribution in [0.4, 0.5) is 13.2 Å². The zero-order chi connectivity index (χ0) is 12.1. The van der Waals surface area contributed by atoms with Crippen molar-refractivity contribution < 1.29 is 21.6 Å². The molecule has 1 aliphatic carbocycles. The molecule has 1 rings (SSSR count). The molecule has 1 aliphatic rings. The molecule has 15 heavy (non-hydrogen) atoms. The van der Waals surface area contributed by atoms with Crippen LogP contribution in [0.2, 0.25) is 0 Å². The molecule has 0 spiro atoms. The molecule has 0 heterocycles. The number of halogens is 3. The van der Waals surface area contributed by atoms with Crippen molar-refractivity contribution in [1.82, 2.24) is 4.72 Å². The van der Waals surface area contributed by atoms with Crippen LogP contribution in [0.3, 0.4) is 0 Å². The van der Waals surface area contributed by atoms with Crippen LogP contribution >= 0.6 is 0 Å². The van der Waals surface area contributed by atoms with Crippen LogP contribution in [0, 0.1) is 0 Å². The molecule has 0 radical (unpaired) electrons. The standard InChI is InChI=1S/C8H14F3NO2S/c1-6(2,3)12-15(13,14)7(4-5-7)8(9,10)11/h12H,4-5H2,1-3H3. The largest absolute Gasteiger partial charge is 0.409 e. The first-order valence-corrected chi connectivity index (χ1v) is 6.00. The van der Waals surface area contributed by atoms with Crippen molar-refractivity contribution in [3.05, 3.63) is 0 Å². The minimum absolute atomic E-state index is 0.345. The highest BCUT2D eigenvalue weighted by Gasteiger charge is 2.72. The number of rotatable bonds is 2. The lowest BCUT2D eigenvalue weighted by Gasteiger charge is -2.26. The predicted octanol–water partition coefficient (Wildman–Crippen LogP) is 1.80. The Kier molecular flexibility index (Phi) is 2.64. The van der Waals surface area contributed by atoms with E-state index in [9.17, 15) is 21.6 Å². The van der Waals surface area contributed by atoms with Gasteiger partial charge in [-0.25, -0.2) is 13.1 Å². The fourth-order valence-electron chi connectivity index (χ4n) is 1.32. The second kappa shape index (κ2) is 3.10. The van der Waals surface area contributed by atoms with Gasteiger partial charge in [-0.15, -0.1) is 0 Å². The summed E-state index contributed by atoms with van der Waals surface area (Å²) in [7, 11) is -4.34. The molecule has 90 valence electrons. The summed E-state index contributed by atoms with van der Waals surface area (Å²) in [6.45, 7) is 4.53. The summed E-state index contributed by atoms with van der Waals surface area (Å²) in [6, 6.07) is 0. The first-order valence-electron chi connectivity index (χ1n) is 4.52. The van der Waals surface area contributed by atoms with Gasteiger partial charge >= 0.3 is 6.18 Å². The lowest BCUT2D eigenvalue weighted by molar-refractivity contribution is -0.138. The van der Waals surface area contributed by atoms with Crippen molar-refractivity contribution in [3.63, 3.8) is 0 Å². The molecule has 0 aliphatic heterocycles. The molecule has 1 N–H and O–H groups in total. The molecule has 0 aromatic carbocycles. The van der Waals surface area contributed by atoms with Gasteiger partial charge in [0.25, 0.3) is 0 Å². The van der Waals surface area contributed by atoms with Gasteiger partial charge in [0.1, 0.15) is 0 Å². The van der Waals surface area contributed by atoms with E-state index in [4.69, 9.17) is 0 Å². The fraction of sp³-hybridized carbons (Fsp3) is 1.00. The van der Waals surface area contributed by atoms with Crippen LogP contribution in [0.25, 0.3) is 0 Å². The number of sulfonamides is 1. The monoisotopic (exact) mass is 245 g/mol. The Balaban J connectivity index is 2.99. The Labute approximate surface area is 87.1 Å². The summed E-state index contributed by atoms with van der Waals surface area (Å²) < 4.78 is 60.2. The Morgan fingerprint density at radius 1 is 1.13 bits per heavy atom. The van der Waals surface area contributed by atoms with Crippen LogP contribution in [-0.4, -0.2) is 24.9 Å². The predicted molar refractivity (Wildman–Crippen MR) is 49.8 cm³/mol. The van der Waals surface area contributed by atoms with Crippen molar-refractivity contribution in [1.29, 1.82) is 0 Å². The van der Waals surface area contributed by atoms with E-state index in [0.29, 0.717) is 0 Å². The number of nitrogens with one attached hydrogen (secondary N) is 1. The van der Waals surface area contributed by atoms with Gasteiger partial charge in [0.15, 0.2) is 4.75 Å². The smallest absolute Gasteiger partial charge is 0.211 e. The highest BCUT2D eigenvalue weighted by Crippen LogP contribution is 2.54. The Morgan fingerprint density at radius 2 is 1.53 bits per heavy atom. The van der Waals surface area contributed by atoms with Crippen LogP contribution < -0.4 is 4.72 Å². The maximum Gasteiger partial charge on any atom is 0.409 e. The van der Waals surface area contributed by atoms with E-state index in [0.717, 1.165) is 0 Å². The fourth-order valence-corrected chi connectivity index (χ4v) is 3.26. The van der Waals surface area contributed by atoms with E-state index in [1.54, 1.807) is 0 Å². The first-order chi connectivity index (χ1) is 6.41. The van der Waals surface area contributed by atoms with E-state index >= 15 is 0 Å². The Bertz CT molecular complexity index is 349. The third kappa shape index (κ3) is 2.28. The average Bonchev–Trinajstić information content (AvgIpc) is 2.53. The molecule has 0 unspecified atom stereocenters. The van der Waals surface area contributed by atoms with Gasteiger partial charge < -0.3 is 0 Å². The van der Waals surface area contributed by atoms with E-state index in [2.05, 4.69) is 4.72 Å². The second-order valence-electron chi connectivity index (χ2n) is 4.85. The zero-order valence-electron chi connectivity index (χ0n) is 8.77. The van der Waals surface area contributed by atoms with Crippen LogP contribution in [0.1, 0.15) is 33.6 Å². The third-order valence-electron chi connectivity index (χ3n) is 2.18. The van der Waals surface area contributed by atoms with Crippen LogP contribution in [0.5, 0.6) is 0 Å². The highest BCUT2D eigenvalue weighted by molar-refractivity contribution is 7.91. The molecular weight excluding hydrogens is 231 g/mol. The Morgan fingerprint density at radius 3 is 1.73 bits per heavy atom. The SMILES string of the molecule is CC(C)(C)NS(=O)(=O)C1(C(F)(F)F)CC1. The molecule has 1 fully saturated rings. The maximum atomic E-state index is 12.5. The van der Waals surface area contributed by atoms with Gasteiger partial charge in [-0.05, 0) is 33.6 Å². The van der Waals surface area contributed by atoms with E-state index in [-0.39, 0.29) is 12.8 Å². The minimum atomic E-state index is -4.69. The summed E-state index contributed by atoms with van der Waals surface area (Å²) in [4.78, 5) is 0. The third-order valence-corrected chi connectivity index (χ3v) is 4.73. The summed E-state index contributed by atoms with van der Waals surface area (Å²) in [6.07, 6.45) is -5.38. The molecule has 0 atom stereocenters. The lowest BCUT2D eigenvalue weighted by Crippen LogP contribution is -2.51. The number of hydrogen-bond acceptors (Lipinski definition) is 2. The summed E-state index contributed by atoms with van der Waals surface area (Å²) >= 11 is 0. The quantitative estimate of drug-likeness (QED) is 0.806. The van der Waals surface area contributed by atoms with Gasteiger partial charge in [0.2, 0.25) is 10.0 Å². The van der Waals surface area contributed by atoms with E-state index < -0.39 is 26.5 Å². The van der Waals surface area contributed by atoms with Crippen molar-refractivity contribution >= 4 is 10.0 Å². The molecule has 1 saturated carbocycles. The minimum Gasteiger partial charge on any atom is -0.211 e. The normalized spacial score (nSPS) is 21.5. The summed E-state index contributed by atoms with van der Waals surface area (Å²) in [5, 5.41) is 0.